The highest BCUT2D eigenvalue weighted by atomic mass is 35.5. The van der Waals surface area contributed by atoms with Crippen molar-refractivity contribution < 1.29 is 4.79 Å². The van der Waals surface area contributed by atoms with Gasteiger partial charge in [-0.1, -0.05) is 41.9 Å². The normalized spacial score (nSPS) is 10.7. The van der Waals surface area contributed by atoms with Crippen molar-refractivity contribution in [1.29, 1.82) is 5.26 Å². The molecular weight excluding hydrogens is 312 g/mol. The number of nitrogen functional groups attached to an aromatic ring is 1. The van der Waals surface area contributed by atoms with Crippen molar-refractivity contribution in [3.8, 4) is 6.07 Å². The van der Waals surface area contributed by atoms with Crippen LogP contribution in [0.15, 0.2) is 60.3 Å². The molecule has 23 heavy (non-hydrogen) atoms. The van der Waals surface area contributed by atoms with Gasteiger partial charge in [0.25, 0.3) is 5.91 Å². The van der Waals surface area contributed by atoms with E-state index < -0.39 is 5.91 Å². The van der Waals surface area contributed by atoms with Crippen molar-refractivity contribution in [1.82, 2.24) is 5.32 Å². The van der Waals surface area contributed by atoms with Gasteiger partial charge in [-0.05, 0) is 23.8 Å². The summed E-state index contributed by atoms with van der Waals surface area (Å²) >= 11 is 6.02. The minimum Gasteiger partial charge on any atom is -0.399 e. The maximum atomic E-state index is 12.0. The van der Waals surface area contributed by atoms with E-state index in [0.29, 0.717) is 22.9 Å². The second kappa shape index (κ2) is 7.87. The van der Waals surface area contributed by atoms with E-state index in [1.165, 1.54) is 6.20 Å². The van der Waals surface area contributed by atoms with Gasteiger partial charge >= 0.3 is 0 Å². The number of carbonyl (C=O) groups is 1. The molecule has 6 heteroatoms. The van der Waals surface area contributed by atoms with Gasteiger partial charge in [0, 0.05) is 18.4 Å². The fraction of sp³-hybridized carbons (Fsp3) is 0.0588. The molecule has 4 N–H and O–H groups in total. The Hall–Kier alpha value is -2.97. The van der Waals surface area contributed by atoms with E-state index in [4.69, 9.17) is 22.6 Å². The van der Waals surface area contributed by atoms with E-state index >= 15 is 0 Å². The quantitative estimate of drug-likeness (QED) is 0.447. The monoisotopic (exact) mass is 326 g/mol. The molecule has 0 aliphatic rings. The number of hydrogen-bond donors (Lipinski definition) is 3. The zero-order valence-corrected chi connectivity index (χ0v) is 13.0. The highest BCUT2D eigenvalue weighted by Gasteiger charge is 2.09. The third kappa shape index (κ3) is 4.77. The number of nitriles is 1. The molecule has 0 unspecified atom stereocenters. The molecule has 116 valence electrons. The molecule has 0 aromatic heterocycles. The number of halogens is 1. The lowest BCUT2D eigenvalue weighted by molar-refractivity contribution is -0.117. The average Bonchev–Trinajstić information content (AvgIpc) is 2.56. The smallest absolute Gasteiger partial charge is 0.263 e. The zero-order valence-electron chi connectivity index (χ0n) is 12.2. The first-order valence-corrected chi connectivity index (χ1v) is 7.22. The Kier molecular flexibility index (Phi) is 5.61. The highest BCUT2D eigenvalue weighted by Crippen LogP contribution is 2.24. The molecule has 0 aliphatic heterocycles. The van der Waals surface area contributed by atoms with E-state index in [1.54, 1.807) is 18.2 Å². The third-order valence-corrected chi connectivity index (χ3v) is 3.34. The SMILES string of the molecule is N#C/C(=C/Nc1ccc(N)cc1Cl)C(=O)NCc1ccccc1. The summed E-state index contributed by atoms with van der Waals surface area (Å²) in [5.41, 5.74) is 7.61. The zero-order chi connectivity index (χ0) is 16.7. The standard InChI is InChI=1S/C17H15ClN4O/c18-15-8-14(20)6-7-16(15)21-11-13(9-19)17(23)22-10-12-4-2-1-3-5-12/h1-8,11,21H,10,20H2,(H,22,23)/b13-11-. The molecule has 2 rings (SSSR count). The molecule has 0 radical (unpaired) electrons. The van der Waals surface area contributed by atoms with E-state index in [1.807, 2.05) is 36.4 Å². The number of amides is 1. The number of rotatable bonds is 5. The summed E-state index contributed by atoms with van der Waals surface area (Å²) in [5, 5.41) is 15.0. The summed E-state index contributed by atoms with van der Waals surface area (Å²) in [6.07, 6.45) is 1.32. The molecular formula is C17H15ClN4O. The van der Waals surface area contributed by atoms with Crippen LogP contribution in [-0.4, -0.2) is 5.91 Å². The summed E-state index contributed by atoms with van der Waals surface area (Å²) in [7, 11) is 0. The number of nitrogens with zero attached hydrogens (tertiary/aromatic N) is 1. The molecule has 0 fully saturated rings. The fourth-order valence-electron chi connectivity index (χ4n) is 1.82. The van der Waals surface area contributed by atoms with E-state index in [2.05, 4.69) is 10.6 Å². The van der Waals surface area contributed by atoms with E-state index in [-0.39, 0.29) is 5.57 Å². The van der Waals surface area contributed by atoms with Crippen LogP contribution in [0.1, 0.15) is 5.56 Å². The van der Waals surface area contributed by atoms with Crippen LogP contribution >= 0.6 is 11.6 Å². The lowest BCUT2D eigenvalue weighted by atomic mass is 10.2. The molecule has 0 aliphatic carbocycles. The van der Waals surface area contributed by atoms with Crippen LogP contribution in [0.5, 0.6) is 0 Å². The Labute approximate surface area is 139 Å². The molecule has 0 atom stereocenters. The lowest BCUT2D eigenvalue weighted by Gasteiger charge is -2.07. The number of hydrogen-bond acceptors (Lipinski definition) is 4. The van der Waals surface area contributed by atoms with Gasteiger partial charge in [-0.25, -0.2) is 0 Å². The molecule has 0 spiro atoms. The van der Waals surface area contributed by atoms with Gasteiger partial charge in [-0.15, -0.1) is 0 Å². The predicted octanol–water partition coefficient (Wildman–Crippen LogP) is 3.06. The van der Waals surface area contributed by atoms with Crippen molar-refractivity contribution in [2.45, 2.75) is 6.54 Å². The molecule has 0 heterocycles. The largest absolute Gasteiger partial charge is 0.399 e. The van der Waals surface area contributed by atoms with Crippen LogP contribution in [0.2, 0.25) is 5.02 Å². The molecule has 5 nitrogen and oxygen atoms in total. The van der Waals surface area contributed by atoms with Crippen LogP contribution < -0.4 is 16.4 Å². The topological polar surface area (TPSA) is 90.9 Å². The number of anilines is 2. The van der Waals surface area contributed by atoms with Crippen LogP contribution in [0.3, 0.4) is 0 Å². The number of carbonyl (C=O) groups excluding carboxylic acids is 1. The number of nitrogens with one attached hydrogen (secondary N) is 2. The fourth-order valence-corrected chi connectivity index (χ4v) is 2.06. The third-order valence-electron chi connectivity index (χ3n) is 3.03. The maximum absolute atomic E-state index is 12.0. The second-order valence-corrected chi connectivity index (χ2v) is 5.13. The average molecular weight is 327 g/mol. The Morgan fingerprint density at radius 2 is 2.00 bits per heavy atom. The van der Waals surface area contributed by atoms with Crippen LogP contribution in [0, 0.1) is 11.3 Å². The molecule has 2 aromatic carbocycles. The van der Waals surface area contributed by atoms with Gasteiger partial charge in [0.2, 0.25) is 0 Å². The lowest BCUT2D eigenvalue weighted by Crippen LogP contribution is -2.24. The van der Waals surface area contributed by atoms with Crippen molar-refractivity contribution in [2.75, 3.05) is 11.1 Å². The number of nitrogens with two attached hydrogens (primary N) is 1. The number of benzene rings is 2. The Bertz CT molecular complexity index is 766. The molecule has 0 saturated carbocycles. The van der Waals surface area contributed by atoms with Gasteiger partial charge in [-0.2, -0.15) is 5.26 Å². The van der Waals surface area contributed by atoms with Gasteiger partial charge in [0.15, 0.2) is 0 Å². The van der Waals surface area contributed by atoms with E-state index in [0.717, 1.165) is 5.56 Å². The van der Waals surface area contributed by atoms with Crippen LogP contribution in [-0.2, 0) is 11.3 Å². The van der Waals surface area contributed by atoms with Crippen LogP contribution in [0.25, 0.3) is 0 Å². The molecule has 0 saturated heterocycles. The Morgan fingerprint density at radius 1 is 1.26 bits per heavy atom. The Balaban J connectivity index is 2.00. The Morgan fingerprint density at radius 3 is 2.65 bits per heavy atom. The van der Waals surface area contributed by atoms with Crippen molar-refractivity contribution in [3.63, 3.8) is 0 Å². The predicted molar refractivity (Wildman–Crippen MR) is 91.5 cm³/mol. The molecule has 0 bridgehead atoms. The first-order chi connectivity index (χ1) is 11.1. The van der Waals surface area contributed by atoms with Gasteiger partial charge in [0.05, 0.1) is 10.7 Å². The van der Waals surface area contributed by atoms with Gasteiger partial charge in [0.1, 0.15) is 11.6 Å². The maximum Gasteiger partial charge on any atom is 0.263 e. The minimum atomic E-state index is -0.463. The van der Waals surface area contributed by atoms with Crippen molar-refractivity contribution in [3.05, 3.63) is 70.9 Å². The van der Waals surface area contributed by atoms with Gasteiger partial charge in [-0.3, -0.25) is 4.79 Å². The molecule has 2 aromatic rings. The summed E-state index contributed by atoms with van der Waals surface area (Å²) in [6, 6.07) is 16.2. The summed E-state index contributed by atoms with van der Waals surface area (Å²) in [6.45, 7) is 0.349. The first kappa shape index (κ1) is 16.4. The van der Waals surface area contributed by atoms with E-state index in [9.17, 15) is 4.79 Å². The van der Waals surface area contributed by atoms with Crippen molar-refractivity contribution >= 4 is 28.9 Å². The second-order valence-electron chi connectivity index (χ2n) is 4.72. The van der Waals surface area contributed by atoms with Gasteiger partial charge < -0.3 is 16.4 Å². The van der Waals surface area contributed by atoms with Crippen molar-refractivity contribution in [2.24, 2.45) is 0 Å². The summed E-state index contributed by atoms with van der Waals surface area (Å²) in [5.74, 6) is -0.463. The summed E-state index contributed by atoms with van der Waals surface area (Å²) < 4.78 is 0. The highest BCUT2D eigenvalue weighted by molar-refractivity contribution is 6.33. The summed E-state index contributed by atoms with van der Waals surface area (Å²) in [4.78, 5) is 12.0. The van der Waals surface area contributed by atoms with Crippen LogP contribution in [0.4, 0.5) is 11.4 Å². The minimum absolute atomic E-state index is 0.0474. The first-order valence-electron chi connectivity index (χ1n) is 6.84. The molecule has 1 amide bonds.